The maximum atomic E-state index is 13.2. The van der Waals surface area contributed by atoms with Gasteiger partial charge < -0.3 is 10.2 Å². The number of benzene rings is 2. The summed E-state index contributed by atoms with van der Waals surface area (Å²) in [6, 6.07) is 8.49. The number of nitrogens with one attached hydrogen (secondary N) is 1. The van der Waals surface area contributed by atoms with E-state index < -0.39 is 17.7 Å². The second kappa shape index (κ2) is 7.17. The molecule has 2 rings (SSSR count). The first kappa shape index (κ1) is 16.9. The van der Waals surface area contributed by atoms with Gasteiger partial charge >= 0.3 is 6.03 Å². The van der Waals surface area contributed by atoms with Gasteiger partial charge in [0.2, 0.25) is 0 Å². The molecule has 2 aromatic carbocycles. The molecule has 1 atom stereocenters. The summed E-state index contributed by atoms with van der Waals surface area (Å²) in [5.74, 6) is -2.23. The Morgan fingerprint density at radius 1 is 1.09 bits per heavy atom. The van der Waals surface area contributed by atoms with E-state index in [1.54, 1.807) is 26.1 Å². The third kappa shape index (κ3) is 4.48. The molecule has 2 aromatic rings. The summed E-state index contributed by atoms with van der Waals surface area (Å²) >= 11 is 0. The Morgan fingerprint density at radius 3 is 2.35 bits per heavy atom. The highest BCUT2D eigenvalue weighted by Crippen LogP contribution is 2.16. The zero-order valence-electron chi connectivity index (χ0n) is 12.8. The Balaban J connectivity index is 1.96. The number of rotatable bonds is 4. The van der Waals surface area contributed by atoms with E-state index in [1.807, 2.05) is 0 Å². The van der Waals surface area contributed by atoms with Crippen molar-refractivity contribution in [2.24, 2.45) is 0 Å². The van der Waals surface area contributed by atoms with E-state index in [9.17, 15) is 18.0 Å². The molecule has 0 bridgehead atoms. The van der Waals surface area contributed by atoms with Crippen LogP contribution in [0.15, 0.2) is 42.5 Å². The zero-order chi connectivity index (χ0) is 17.0. The van der Waals surface area contributed by atoms with Crippen molar-refractivity contribution in [1.82, 2.24) is 10.2 Å². The van der Waals surface area contributed by atoms with E-state index in [4.69, 9.17) is 0 Å². The first-order valence-electron chi connectivity index (χ1n) is 7.08. The van der Waals surface area contributed by atoms with Crippen molar-refractivity contribution < 1.29 is 18.0 Å². The SMILES string of the molecule is CC(NC(=O)N(C)Cc1ccc(F)cc1)c1ccc(F)c(F)c1. The molecule has 0 aliphatic carbocycles. The molecule has 0 radical (unpaired) electrons. The topological polar surface area (TPSA) is 32.3 Å². The van der Waals surface area contributed by atoms with E-state index in [1.165, 1.54) is 23.1 Å². The van der Waals surface area contributed by atoms with Crippen LogP contribution in [-0.4, -0.2) is 18.0 Å². The van der Waals surface area contributed by atoms with Crippen molar-refractivity contribution in [2.75, 3.05) is 7.05 Å². The van der Waals surface area contributed by atoms with E-state index in [0.29, 0.717) is 12.1 Å². The monoisotopic (exact) mass is 322 g/mol. The highest BCUT2D eigenvalue weighted by Gasteiger charge is 2.15. The molecular formula is C17H17F3N2O. The Hall–Kier alpha value is -2.50. The van der Waals surface area contributed by atoms with Crippen LogP contribution in [0.1, 0.15) is 24.1 Å². The first-order valence-corrected chi connectivity index (χ1v) is 7.08. The van der Waals surface area contributed by atoms with Gasteiger partial charge in [-0.1, -0.05) is 18.2 Å². The lowest BCUT2D eigenvalue weighted by Crippen LogP contribution is -2.38. The smallest absolute Gasteiger partial charge is 0.317 e. The Morgan fingerprint density at radius 2 is 1.74 bits per heavy atom. The zero-order valence-corrected chi connectivity index (χ0v) is 12.8. The van der Waals surface area contributed by atoms with Crippen LogP contribution in [0.4, 0.5) is 18.0 Å². The molecule has 1 unspecified atom stereocenters. The predicted octanol–water partition coefficient (Wildman–Crippen LogP) is 4.01. The maximum Gasteiger partial charge on any atom is 0.317 e. The van der Waals surface area contributed by atoms with Crippen LogP contribution in [-0.2, 0) is 6.54 Å². The van der Waals surface area contributed by atoms with Crippen molar-refractivity contribution >= 4 is 6.03 Å². The van der Waals surface area contributed by atoms with Crippen molar-refractivity contribution in [2.45, 2.75) is 19.5 Å². The number of amides is 2. The normalized spacial score (nSPS) is 11.9. The van der Waals surface area contributed by atoms with Gasteiger partial charge in [-0.05, 0) is 42.3 Å². The minimum absolute atomic E-state index is 0.302. The third-order valence-electron chi connectivity index (χ3n) is 3.46. The van der Waals surface area contributed by atoms with Crippen LogP contribution >= 0.6 is 0 Å². The molecule has 0 fully saturated rings. The van der Waals surface area contributed by atoms with Gasteiger partial charge in [0.1, 0.15) is 5.82 Å². The molecule has 0 aliphatic heterocycles. The Labute approximate surface area is 132 Å². The minimum Gasteiger partial charge on any atom is -0.331 e. The summed E-state index contributed by atoms with van der Waals surface area (Å²) in [6.07, 6.45) is 0. The van der Waals surface area contributed by atoms with Gasteiger partial charge in [-0.3, -0.25) is 0 Å². The Kier molecular flexibility index (Phi) is 5.26. The van der Waals surface area contributed by atoms with E-state index >= 15 is 0 Å². The van der Waals surface area contributed by atoms with Gasteiger partial charge in [0.05, 0.1) is 6.04 Å². The minimum atomic E-state index is -0.955. The fourth-order valence-corrected chi connectivity index (χ4v) is 2.10. The number of hydrogen-bond donors (Lipinski definition) is 1. The van der Waals surface area contributed by atoms with Gasteiger partial charge in [-0.25, -0.2) is 18.0 Å². The summed E-state index contributed by atoms with van der Waals surface area (Å²) in [6.45, 7) is 1.98. The first-order chi connectivity index (χ1) is 10.9. The predicted molar refractivity (Wildman–Crippen MR) is 81.2 cm³/mol. The van der Waals surface area contributed by atoms with Crippen LogP contribution in [0.2, 0.25) is 0 Å². The number of hydrogen-bond acceptors (Lipinski definition) is 1. The summed E-state index contributed by atoms with van der Waals surface area (Å²) in [4.78, 5) is 13.5. The standard InChI is InChI=1S/C17H17F3N2O/c1-11(13-5-8-15(19)16(20)9-13)21-17(23)22(2)10-12-3-6-14(18)7-4-12/h3-9,11H,10H2,1-2H3,(H,21,23). The fourth-order valence-electron chi connectivity index (χ4n) is 2.10. The highest BCUT2D eigenvalue weighted by molar-refractivity contribution is 5.74. The molecule has 6 heteroatoms. The molecule has 0 spiro atoms. The van der Waals surface area contributed by atoms with Crippen molar-refractivity contribution in [3.05, 3.63) is 71.0 Å². The molecule has 23 heavy (non-hydrogen) atoms. The van der Waals surface area contributed by atoms with Crippen LogP contribution in [0, 0.1) is 17.5 Å². The molecule has 122 valence electrons. The van der Waals surface area contributed by atoms with Gasteiger partial charge in [0.15, 0.2) is 11.6 Å². The van der Waals surface area contributed by atoms with Crippen LogP contribution in [0.25, 0.3) is 0 Å². The van der Waals surface area contributed by atoms with E-state index in [-0.39, 0.29) is 11.8 Å². The molecule has 0 heterocycles. The number of nitrogens with zero attached hydrogens (tertiary/aromatic N) is 1. The average molecular weight is 322 g/mol. The number of urea groups is 1. The molecule has 1 N–H and O–H groups in total. The maximum absolute atomic E-state index is 13.2. The molecule has 3 nitrogen and oxygen atoms in total. The van der Waals surface area contributed by atoms with Gasteiger partial charge in [0.25, 0.3) is 0 Å². The van der Waals surface area contributed by atoms with Crippen molar-refractivity contribution in [3.8, 4) is 0 Å². The highest BCUT2D eigenvalue weighted by atomic mass is 19.2. The lowest BCUT2D eigenvalue weighted by atomic mass is 10.1. The summed E-state index contributed by atoms with van der Waals surface area (Å²) in [5.41, 5.74) is 1.25. The lowest BCUT2D eigenvalue weighted by molar-refractivity contribution is 0.203. The molecule has 0 aromatic heterocycles. The van der Waals surface area contributed by atoms with Crippen LogP contribution < -0.4 is 5.32 Å². The largest absolute Gasteiger partial charge is 0.331 e. The summed E-state index contributed by atoms with van der Waals surface area (Å²) in [5, 5.41) is 2.70. The van der Waals surface area contributed by atoms with Crippen molar-refractivity contribution in [3.63, 3.8) is 0 Å². The third-order valence-corrected chi connectivity index (χ3v) is 3.46. The van der Waals surface area contributed by atoms with Crippen LogP contribution in [0.5, 0.6) is 0 Å². The number of carbonyl (C=O) groups excluding carboxylic acids is 1. The molecule has 0 aliphatic rings. The van der Waals surface area contributed by atoms with E-state index in [2.05, 4.69) is 5.32 Å². The summed E-state index contributed by atoms with van der Waals surface area (Å²) in [7, 11) is 1.59. The van der Waals surface area contributed by atoms with Gasteiger partial charge in [0, 0.05) is 13.6 Å². The summed E-state index contributed by atoms with van der Waals surface area (Å²) < 4.78 is 39.0. The molecule has 0 saturated carbocycles. The van der Waals surface area contributed by atoms with Gasteiger partial charge in [-0.15, -0.1) is 0 Å². The molecular weight excluding hydrogens is 305 g/mol. The van der Waals surface area contributed by atoms with Crippen molar-refractivity contribution in [1.29, 1.82) is 0 Å². The molecule has 2 amide bonds. The second-order valence-electron chi connectivity index (χ2n) is 5.33. The Bertz CT molecular complexity index is 689. The second-order valence-corrected chi connectivity index (χ2v) is 5.33. The number of halogens is 3. The number of carbonyl (C=O) groups is 1. The molecule has 0 saturated heterocycles. The van der Waals surface area contributed by atoms with E-state index in [0.717, 1.165) is 17.7 Å². The average Bonchev–Trinajstić information content (AvgIpc) is 2.52. The van der Waals surface area contributed by atoms with Gasteiger partial charge in [-0.2, -0.15) is 0 Å². The fraction of sp³-hybridized carbons (Fsp3) is 0.235. The quantitative estimate of drug-likeness (QED) is 0.906. The lowest BCUT2D eigenvalue weighted by Gasteiger charge is -2.22. The van der Waals surface area contributed by atoms with Crippen LogP contribution in [0.3, 0.4) is 0 Å².